The molecule has 0 aliphatic carbocycles. The van der Waals surface area contributed by atoms with E-state index in [1.165, 1.54) is 0 Å². The summed E-state index contributed by atoms with van der Waals surface area (Å²) in [4.78, 5) is 16.2. The third-order valence-corrected chi connectivity index (χ3v) is 6.17. The molecule has 0 saturated carbocycles. The molecule has 0 bridgehead atoms. The number of fused-ring (bicyclic) bond motifs is 1. The van der Waals surface area contributed by atoms with Crippen LogP contribution in [0.1, 0.15) is 21.5 Å². The topological polar surface area (TPSA) is 88.2 Å². The average Bonchev–Trinajstić information content (AvgIpc) is 2.73. The fourth-order valence-corrected chi connectivity index (χ4v) is 4.20. The van der Waals surface area contributed by atoms with E-state index in [4.69, 9.17) is 0 Å². The van der Waals surface area contributed by atoms with Gasteiger partial charge in [0.2, 0.25) is 10.0 Å². The Labute approximate surface area is 163 Å². The standard InChI is InChI=1S/C21H19N3O3S/c25-21-20-13-18(2-1-17(20)9-12-23-21)16-3-5-19(6-4-16)28(26,27)24-14-15-7-10-22-11-8-15/h1-8,10-11,13,24H,9,12,14H2,(H,23,25). The van der Waals surface area contributed by atoms with Crippen LogP contribution in [0.3, 0.4) is 0 Å². The number of amides is 1. The van der Waals surface area contributed by atoms with Crippen LogP contribution in [0.4, 0.5) is 0 Å². The minimum Gasteiger partial charge on any atom is -0.352 e. The predicted molar refractivity (Wildman–Crippen MR) is 106 cm³/mol. The zero-order valence-electron chi connectivity index (χ0n) is 15.1. The molecule has 0 fully saturated rings. The highest BCUT2D eigenvalue weighted by Gasteiger charge is 2.18. The second kappa shape index (κ2) is 7.53. The average molecular weight is 393 g/mol. The normalized spacial score (nSPS) is 13.6. The smallest absolute Gasteiger partial charge is 0.251 e. The third-order valence-electron chi connectivity index (χ3n) is 4.75. The van der Waals surface area contributed by atoms with E-state index in [0.717, 1.165) is 28.7 Å². The Bertz CT molecular complexity index is 1110. The minimum atomic E-state index is -3.62. The van der Waals surface area contributed by atoms with Crippen LogP contribution >= 0.6 is 0 Å². The molecule has 0 spiro atoms. The Morgan fingerprint density at radius 1 is 0.964 bits per heavy atom. The van der Waals surface area contributed by atoms with Gasteiger partial charge < -0.3 is 5.32 Å². The molecule has 142 valence electrons. The lowest BCUT2D eigenvalue weighted by Gasteiger charge is -2.17. The quantitative estimate of drug-likeness (QED) is 0.697. The van der Waals surface area contributed by atoms with E-state index in [-0.39, 0.29) is 17.3 Å². The van der Waals surface area contributed by atoms with E-state index in [2.05, 4.69) is 15.0 Å². The number of hydrogen-bond acceptors (Lipinski definition) is 4. The van der Waals surface area contributed by atoms with Gasteiger partial charge in [-0.2, -0.15) is 0 Å². The van der Waals surface area contributed by atoms with Gasteiger partial charge >= 0.3 is 0 Å². The summed E-state index contributed by atoms with van der Waals surface area (Å²) in [5.41, 5.74) is 4.28. The first-order valence-corrected chi connectivity index (χ1v) is 10.4. The van der Waals surface area contributed by atoms with Crippen molar-refractivity contribution in [1.29, 1.82) is 0 Å². The fraction of sp³-hybridized carbons (Fsp3) is 0.143. The number of benzene rings is 2. The molecule has 6 nitrogen and oxygen atoms in total. The largest absolute Gasteiger partial charge is 0.352 e. The van der Waals surface area contributed by atoms with Gasteiger partial charge in [0.15, 0.2) is 0 Å². The number of nitrogens with zero attached hydrogens (tertiary/aromatic N) is 1. The Morgan fingerprint density at radius 3 is 2.43 bits per heavy atom. The molecule has 2 heterocycles. The van der Waals surface area contributed by atoms with Crippen molar-refractivity contribution in [3.8, 4) is 11.1 Å². The number of aromatic nitrogens is 1. The number of hydrogen-bond donors (Lipinski definition) is 2. The van der Waals surface area contributed by atoms with Crippen LogP contribution in [0.15, 0.2) is 71.9 Å². The molecule has 4 rings (SSSR count). The molecule has 1 aliphatic rings. The van der Waals surface area contributed by atoms with Gasteiger partial charge in [-0.1, -0.05) is 24.3 Å². The summed E-state index contributed by atoms with van der Waals surface area (Å²) < 4.78 is 27.6. The monoisotopic (exact) mass is 393 g/mol. The molecule has 7 heteroatoms. The van der Waals surface area contributed by atoms with Crippen LogP contribution in [-0.2, 0) is 23.0 Å². The lowest BCUT2D eigenvalue weighted by atomic mass is 9.95. The van der Waals surface area contributed by atoms with Crippen molar-refractivity contribution in [2.75, 3.05) is 6.54 Å². The molecular weight excluding hydrogens is 374 g/mol. The van der Waals surface area contributed by atoms with Crippen molar-refractivity contribution in [2.45, 2.75) is 17.9 Å². The summed E-state index contributed by atoms with van der Waals surface area (Å²) in [6, 6.07) is 16.0. The van der Waals surface area contributed by atoms with E-state index < -0.39 is 10.0 Å². The van der Waals surface area contributed by atoms with Gasteiger partial charge in [0.05, 0.1) is 4.90 Å². The van der Waals surface area contributed by atoms with Crippen molar-refractivity contribution in [2.24, 2.45) is 0 Å². The van der Waals surface area contributed by atoms with Crippen LogP contribution < -0.4 is 10.0 Å². The van der Waals surface area contributed by atoms with Gasteiger partial charge in [-0.15, -0.1) is 0 Å². The van der Waals surface area contributed by atoms with E-state index in [0.29, 0.717) is 12.1 Å². The molecule has 2 N–H and O–H groups in total. The zero-order valence-corrected chi connectivity index (χ0v) is 15.9. The first-order valence-electron chi connectivity index (χ1n) is 8.93. The number of nitrogens with one attached hydrogen (secondary N) is 2. The summed E-state index contributed by atoms with van der Waals surface area (Å²) in [5.74, 6) is -0.0670. The van der Waals surface area contributed by atoms with Crippen molar-refractivity contribution in [1.82, 2.24) is 15.0 Å². The second-order valence-corrected chi connectivity index (χ2v) is 8.35. The van der Waals surface area contributed by atoms with E-state index in [1.54, 1.807) is 48.8 Å². The number of sulfonamides is 1. The summed E-state index contributed by atoms with van der Waals surface area (Å²) in [6.07, 6.45) is 4.07. The molecular formula is C21H19N3O3S. The molecule has 1 aliphatic heterocycles. The molecule has 0 saturated heterocycles. The summed E-state index contributed by atoms with van der Waals surface area (Å²) in [6.45, 7) is 0.858. The number of rotatable bonds is 5. The predicted octanol–water partition coefficient (Wildman–Crippen LogP) is 2.51. The molecule has 0 unspecified atom stereocenters. The Balaban J connectivity index is 1.54. The first kappa shape index (κ1) is 18.3. The van der Waals surface area contributed by atoms with Crippen molar-refractivity contribution in [3.05, 3.63) is 83.7 Å². The molecule has 1 amide bonds. The first-order chi connectivity index (χ1) is 13.5. The molecule has 3 aromatic rings. The van der Waals surface area contributed by atoms with Crippen LogP contribution in [0.5, 0.6) is 0 Å². The maximum atomic E-state index is 12.5. The van der Waals surface area contributed by atoms with Gasteiger partial charge in [-0.05, 0) is 59.0 Å². The van der Waals surface area contributed by atoms with Gasteiger partial charge in [-0.25, -0.2) is 13.1 Å². The molecule has 0 radical (unpaired) electrons. The number of carbonyl (C=O) groups excluding carboxylic acids is 1. The Morgan fingerprint density at radius 2 is 1.68 bits per heavy atom. The molecule has 28 heavy (non-hydrogen) atoms. The number of pyridine rings is 1. The van der Waals surface area contributed by atoms with Crippen LogP contribution in [-0.4, -0.2) is 25.9 Å². The van der Waals surface area contributed by atoms with E-state index in [9.17, 15) is 13.2 Å². The Kier molecular flexibility index (Phi) is 4.93. The van der Waals surface area contributed by atoms with E-state index >= 15 is 0 Å². The van der Waals surface area contributed by atoms with Gasteiger partial charge in [0.1, 0.15) is 0 Å². The highest BCUT2D eigenvalue weighted by Crippen LogP contribution is 2.25. The molecule has 2 aromatic carbocycles. The second-order valence-electron chi connectivity index (χ2n) is 6.58. The Hall–Kier alpha value is -3.03. The van der Waals surface area contributed by atoms with Gasteiger partial charge in [-0.3, -0.25) is 9.78 Å². The van der Waals surface area contributed by atoms with Crippen molar-refractivity contribution in [3.63, 3.8) is 0 Å². The highest BCUT2D eigenvalue weighted by atomic mass is 32.2. The highest BCUT2D eigenvalue weighted by molar-refractivity contribution is 7.89. The van der Waals surface area contributed by atoms with Crippen LogP contribution in [0.25, 0.3) is 11.1 Å². The van der Waals surface area contributed by atoms with Crippen LogP contribution in [0.2, 0.25) is 0 Å². The summed E-state index contributed by atoms with van der Waals surface area (Å²) >= 11 is 0. The third kappa shape index (κ3) is 3.81. The minimum absolute atomic E-state index is 0.0670. The molecule has 1 aromatic heterocycles. The van der Waals surface area contributed by atoms with E-state index in [1.807, 2.05) is 18.2 Å². The molecule has 0 atom stereocenters. The maximum Gasteiger partial charge on any atom is 0.251 e. The van der Waals surface area contributed by atoms with Crippen molar-refractivity contribution < 1.29 is 13.2 Å². The van der Waals surface area contributed by atoms with Gasteiger partial charge in [0.25, 0.3) is 5.91 Å². The summed E-state index contributed by atoms with van der Waals surface area (Å²) in [7, 11) is -3.62. The number of carbonyl (C=O) groups is 1. The lowest BCUT2D eigenvalue weighted by Crippen LogP contribution is -2.31. The van der Waals surface area contributed by atoms with Crippen LogP contribution in [0, 0.1) is 0 Å². The lowest BCUT2D eigenvalue weighted by molar-refractivity contribution is 0.0946. The SMILES string of the molecule is O=C1NCCc2ccc(-c3ccc(S(=O)(=O)NCc4ccncc4)cc3)cc21. The fourth-order valence-electron chi connectivity index (χ4n) is 3.18. The maximum absolute atomic E-state index is 12.5. The van der Waals surface area contributed by atoms with Gasteiger partial charge in [0, 0.05) is 31.0 Å². The zero-order chi connectivity index (χ0) is 19.6. The van der Waals surface area contributed by atoms with Crippen molar-refractivity contribution >= 4 is 15.9 Å². The summed E-state index contributed by atoms with van der Waals surface area (Å²) in [5, 5.41) is 2.84.